The van der Waals surface area contributed by atoms with Crippen molar-refractivity contribution in [3.63, 3.8) is 0 Å². The van der Waals surface area contributed by atoms with Crippen molar-refractivity contribution < 1.29 is 23.1 Å². The summed E-state index contributed by atoms with van der Waals surface area (Å²) in [4.78, 5) is 20.9. The van der Waals surface area contributed by atoms with Crippen LogP contribution in [0.4, 0.5) is 24.1 Å². The molecule has 2 aromatic heterocycles. The van der Waals surface area contributed by atoms with Crippen molar-refractivity contribution in [2.45, 2.75) is 26.4 Å². The number of nitrogens with zero attached hydrogens (tertiary/aromatic N) is 2. The summed E-state index contributed by atoms with van der Waals surface area (Å²) < 4.78 is 39.0. The van der Waals surface area contributed by atoms with Gasteiger partial charge in [0.1, 0.15) is 11.4 Å². The Kier molecular flexibility index (Phi) is 6.07. The Hall–Kier alpha value is -3.46. The summed E-state index contributed by atoms with van der Waals surface area (Å²) in [5.74, 6) is -1.38. The van der Waals surface area contributed by atoms with Crippen molar-refractivity contribution in [1.82, 2.24) is 9.97 Å². The highest BCUT2D eigenvalue weighted by Crippen LogP contribution is 2.38. The monoisotopic (exact) mass is 471 g/mol. The fourth-order valence-corrected chi connectivity index (χ4v) is 4.46. The van der Waals surface area contributed by atoms with Crippen molar-refractivity contribution in [3.05, 3.63) is 71.5 Å². The van der Waals surface area contributed by atoms with E-state index in [2.05, 4.69) is 35.2 Å². The van der Waals surface area contributed by atoms with Crippen LogP contribution in [0, 0.1) is 5.92 Å². The summed E-state index contributed by atoms with van der Waals surface area (Å²) in [7, 11) is 0. The molecule has 0 atom stereocenters. The second-order valence-corrected chi connectivity index (χ2v) is 9.00. The fourth-order valence-electron chi connectivity index (χ4n) is 3.47. The molecule has 2 aromatic carbocycles. The average molecular weight is 472 g/mol. The minimum absolute atomic E-state index is 0.189. The van der Waals surface area contributed by atoms with E-state index in [1.54, 1.807) is 0 Å². The molecular formula is C24H20F3N3O2S. The molecular weight excluding hydrogens is 451 g/mol. The van der Waals surface area contributed by atoms with Crippen molar-refractivity contribution in [3.8, 4) is 10.4 Å². The van der Waals surface area contributed by atoms with Crippen LogP contribution >= 0.6 is 11.3 Å². The summed E-state index contributed by atoms with van der Waals surface area (Å²) in [6, 6.07) is 14.6. The van der Waals surface area contributed by atoms with Crippen LogP contribution in [0.15, 0.2) is 54.7 Å². The molecule has 0 spiro atoms. The van der Waals surface area contributed by atoms with E-state index in [9.17, 15) is 23.1 Å². The van der Waals surface area contributed by atoms with Gasteiger partial charge < -0.3 is 10.4 Å². The molecule has 0 aliphatic rings. The predicted octanol–water partition coefficient (Wildman–Crippen LogP) is 7.02. The lowest BCUT2D eigenvalue weighted by Crippen LogP contribution is -2.11. The molecule has 0 unspecified atom stereocenters. The van der Waals surface area contributed by atoms with Crippen LogP contribution in [0.1, 0.15) is 35.5 Å². The normalized spacial score (nSPS) is 11.8. The Morgan fingerprint density at radius 3 is 2.52 bits per heavy atom. The van der Waals surface area contributed by atoms with Gasteiger partial charge in [-0.2, -0.15) is 13.2 Å². The number of carboxylic acid groups (broad SMARTS) is 1. The number of halogens is 3. The molecule has 0 aliphatic carbocycles. The summed E-state index contributed by atoms with van der Waals surface area (Å²) in [6.07, 6.45) is -3.39. The topological polar surface area (TPSA) is 75.1 Å². The molecule has 4 aromatic rings. The summed E-state index contributed by atoms with van der Waals surface area (Å²) in [5, 5.41) is 14.8. The molecule has 9 heteroatoms. The first kappa shape index (κ1) is 22.7. The summed E-state index contributed by atoms with van der Waals surface area (Å²) in [5.41, 5.74) is 0.102. The van der Waals surface area contributed by atoms with Crippen molar-refractivity contribution in [2.24, 2.45) is 5.92 Å². The number of nitrogens with one attached hydrogen (secondary N) is 1. The Labute approximate surface area is 191 Å². The second kappa shape index (κ2) is 8.82. The maximum atomic E-state index is 13.0. The molecule has 4 rings (SSSR count). The van der Waals surface area contributed by atoms with Gasteiger partial charge in [-0.3, -0.25) is 0 Å². The van der Waals surface area contributed by atoms with Gasteiger partial charge in [-0.05, 0) is 40.8 Å². The third kappa shape index (κ3) is 4.98. The molecule has 0 bridgehead atoms. The Balaban J connectivity index is 1.75. The molecule has 33 heavy (non-hydrogen) atoms. The zero-order valence-corrected chi connectivity index (χ0v) is 18.6. The standard InChI is InChI=1S/C24H20F3N3O2S/c1-13(2)9-19-20(16-8-7-14-5-3-4-6-15(14)10-16)33-23(29-19)30-21-18(22(31)32)11-17(12-28-21)24(25,26)27/h3-8,10-13H,9H2,1-2H3,(H,31,32)(H,28,29,30). The van der Waals surface area contributed by atoms with E-state index >= 15 is 0 Å². The van der Waals surface area contributed by atoms with Gasteiger partial charge in [-0.1, -0.05) is 61.6 Å². The number of fused-ring (bicyclic) bond motifs is 1. The first-order valence-corrected chi connectivity index (χ1v) is 11.0. The van der Waals surface area contributed by atoms with Crippen molar-refractivity contribution in [2.75, 3.05) is 5.32 Å². The van der Waals surface area contributed by atoms with Crippen molar-refractivity contribution in [1.29, 1.82) is 0 Å². The number of aromatic carboxylic acids is 1. The number of anilines is 2. The summed E-state index contributed by atoms with van der Waals surface area (Å²) >= 11 is 1.31. The Morgan fingerprint density at radius 2 is 1.85 bits per heavy atom. The highest BCUT2D eigenvalue weighted by Gasteiger charge is 2.32. The number of benzene rings is 2. The highest BCUT2D eigenvalue weighted by molar-refractivity contribution is 7.19. The van der Waals surface area contributed by atoms with Gasteiger partial charge in [0.15, 0.2) is 5.13 Å². The van der Waals surface area contributed by atoms with Crippen LogP contribution in [0.3, 0.4) is 0 Å². The van der Waals surface area contributed by atoms with Gasteiger partial charge in [-0.15, -0.1) is 0 Å². The first-order valence-electron chi connectivity index (χ1n) is 10.2. The van der Waals surface area contributed by atoms with Gasteiger partial charge in [-0.25, -0.2) is 14.8 Å². The van der Waals surface area contributed by atoms with Gasteiger partial charge in [0.2, 0.25) is 0 Å². The molecule has 0 saturated heterocycles. The number of carbonyl (C=O) groups is 1. The minimum atomic E-state index is -4.69. The highest BCUT2D eigenvalue weighted by atomic mass is 32.1. The van der Waals surface area contributed by atoms with E-state index in [1.165, 1.54) is 11.3 Å². The van der Waals surface area contributed by atoms with E-state index < -0.39 is 23.3 Å². The number of aromatic nitrogens is 2. The lowest BCUT2D eigenvalue weighted by Gasteiger charge is -2.10. The van der Waals surface area contributed by atoms with E-state index in [0.29, 0.717) is 29.7 Å². The maximum Gasteiger partial charge on any atom is 0.417 e. The fraction of sp³-hybridized carbons (Fsp3) is 0.208. The Morgan fingerprint density at radius 1 is 1.12 bits per heavy atom. The van der Waals surface area contributed by atoms with Crippen LogP contribution in [0.5, 0.6) is 0 Å². The molecule has 0 amide bonds. The van der Waals surface area contributed by atoms with E-state index in [1.807, 2.05) is 36.4 Å². The molecule has 0 aliphatic heterocycles. The molecule has 0 radical (unpaired) electrons. The molecule has 170 valence electrons. The van der Waals surface area contributed by atoms with Crippen LogP contribution in [-0.4, -0.2) is 21.0 Å². The van der Waals surface area contributed by atoms with Crippen LogP contribution in [0.2, 0.25) is 0 Å². The zero-order chi connectivity index (χ0) is 23.8. The quantitative estimate of drug-likeness (QED) is 0.316. The minimum Gasteiger partial charge on any atom is -0.478 e. The molecule has 2 heterocycles. The molecule has 0 saturated carbocycles. The number of hydrogen-bond acceptors (Lipinski definition) is 5. The van der Waals surface area contributed by atoms with Crippen molar-refractivity contribution >= 4 is 39.0 Å². The number of alkyl halides is 3. The van der Waals surface area contributed by atoms with E-state index in [0.717, 1.165) is 26.9 Å². The predicted molar refractivity (Wildman–Crippen MR) is 123 cm³/mol. The van der Waals surface area contributed by atoms with Gasteiger partial charge in [0.05, 0.1) is 16.1 Å². The van der Waals surface area contributed by atoms with Crippen LogP contribution in [0.25, 0.3) is 21.2 Å². The van der Waals surface area contributed by atoms with E-state index in [-0.39, 0.29) is 5.82 Å². The van der Waals surface area contributed by atoms with Crippen LogP contribution < -0.4 is 5.32 Å². The number of thiazole rings is 1. The zero-order valence-electron chi connectivity index (χ0n) is 17.8. The molecule has 2 N–H and O–H groups in total. The van der Waals surface area contributed by atoms with Gasteiger partial charge in [0, 0.05) is 6.20 Å². The number of pyridine rings is 1. The number of rotatable bonds is 6. The SMILES string of the molecule is CC(C)Cc1nc(Nc2ncc(C(F)(F)F)cc2C(=O)O)sc1-c1ccc2ccccc2c1. The maximum absolute atomic E-state index is 13.0. The Bertz CT molecular complexity index is 1330. The molecule has 0 fully saturated rings. The number of carboxylic acids is 1. The second-order valence-electron chi connectivity index (χ2n) is 8.00. The number of hydrogen-bond donors (Lipinski definition) is 2. The largest absolute Gasteiger partial charge is 0.478 e. The van der Waals surface area contributed by atoms with Gasteiger partial charge in [0.25, 0.3) is 0 Å². The lowest BCUT2D eigenvalue weighted by atomic mass is 10.0. The third-order valence-electron chi connectivity index (χ3n) is 4.98. The smallest absolute Gasteiger partial charge is 0.417 e. The van der Waals surface area contributed by atoms with Crippen LogP contribution in [-0.2, 0) is 12.6 Å². The third-order valence-corrected chi connectivity index (χ3v) is 6.04. The first-order chi connectivity index (χ1) is 15.6. The molecule has 5 nitrogen and oxygen atoms in total. The lowest BCUT2D eigenvalue weighted by molar-refractivity contribution is -0.137. The van der Waals surface area contributed by atoms with Gasteiger partial charge >= 0.3 is 12.1 Å². The summed E-state index contributed by atoms with van der Waals surface area (Å²) in [6.45, 7) is 4.13. The average Bonchev–Trinajstić information content (AvgIpc) is 3.14. The van der Waals surface area contributed by atoms with E-state index in [4.69, 9.17) is 0 Å².